The molecule has 108 valence electrons. The Balaban J connectivity index is 1.86. The minimum atomic E-state index is -3.49. The molecule has 5 nitrogen and oxygen atoms in total. The second kappa shape index (κ2) is 4.86. The molecule has 0 amide bonds. The van der Waals surface area contributed by atoms with E-state index < -0.39 is 16.0 Å². The molecule has 0 aromatic heterocycles. The van der Waals surface area contributed by atoms with Crippen LogP contribution in [0.2, 0.25) is 0 Å². The Kier molecular flexibility index (Phi) is 3.30. The molecule has 0 saturated heterocycles. The number of rotatable bonds is 6. The van der Waals surface area contributed by atoms with Gasteiger partial charge in [0.05, 0.1) is 10.5 Å². The molecule has 0 atom stereocenters. The average Bonchev–Trinajstić information content (AvgIpc) is 3.27. The Hall–Kier alpha value is -1.40. The predicted molar refractivity (Wildman–Crippen MR) is 73.0 cm³/mol. The van der Waals surface area contributed by atoms with Crippen LogP contribution in [0.15, 0.2) is 29.2 Å². The van der Waals surface area contributed by atoms with Gasteiger partial charge in [0, 0.05) is 12.6 Å². The Morgan fingerprint density at radius 2 is 1.75 bits per heavy atom. The number of benzene rings is 1. The molecule has 3 rings (SSSR count). The van der Waals surface area contributed by atoms with Crippen molar-refractivity contribution in [3.05, 3.63) is 29.8 Å². The third-order valence-corrected chi connectivity index (χ3v) is 5.73. The van der Waals surface area contributed by atoms with E-state index in [-0.39, 0.29) is 16.5 Å². The SMILES string of the molecule is O=C(O)c1ccc(S(=O)(=O)N(CC2CC2)C2CC2)cc1. The number of sulfonamides is 1. The fraction of sp³-hybridized carbons (Fsp3) is 0.500. The molecule has 6 heteroatoms. The van der Waals surface area contributed by atoms with E-state index >= 15 is 0 Å². The van der Waals surface area contributed by atoms with Crippen LogP contribution >= 0.6 is 0 Å². The van der Waals surface area contributed by atoms with Gasteiger partial charge >= 0.3 is 5.97 Å². The van der Waals surface area contributed by atoms with Gasteiger partial charge in [-0.2, -0.15) is 4.31 Å². The van der Waals surface area contributed by atoms with Gasteiger partial charge in [0.25, 0.3) is 0 Å². The lowest BCUT2D eigenvalue weighted by Gasteiger charge is -2.21. The highest BCUT2D eigenvalue weighted by molar-refractivity contribution is 7.89. The maximum Gasteiger partial charge on any atom is 0.335 e. The summed E-state index contributed by atoms with van der Waals surface area (Å²) >= 11 is 0. The van der Waals surface area contributed by atoms with Crippen molar-refractivity contribution in [2.75, 3.05) is 6.54 Å². The van der Waals surface area contributed by atoms with Gasteiger partial charge in [0.1, 0.15) is 0 Å². The molecule has 0 unspecified atom stereocenters. The van der Waals surface area contributed by atoms with E-state index in [1.165, 1.54) is 24.3 Å². The van der Waals surface area contributed by atoms with Crippen molar-refractivity contribution >= 4 is 16.0 Å². The van der Waals surface area contributed by atoms with Crippen LogP contribution in [0.25, 0.3) is 0 Å². The van der Waals surface area contributed by atoms with E-state index in [4.69, 9.17) is 5.11 Å². The van der Waals surface area contributed by atoms with Crippen LogP contribution in [0.3, 0.4) is 0 Å². The minimum Gasteiger partial charge on any atom is -0.478 e. The summed E-state index contributed by atoms with van der Waals surface area (Å²) in [7, 11) is -3.49. The molecule has 2 fully saturated rings. The van der Waals surface area contributed by atoms with Crippen molar-refractivity contribution < 1.29 is 18.3 Å². The molecular weight excluding hydrogens is 278 g/mol. The molecule has 1 N–H and O–H groups in total. The standard InChI is InChI=1S/C14H17NO4S/c16-14(17)11-3-7-13(8-4-11)20(18,19)15(12-5-6-12)9-10-1-2-10/h3-4,7-8,10,12H,1-2,5-6,9H2,(H,16,17). The lowest BCUT2D eigenvalue weighted by Crippen LogP contribution is -2.34. The van der Waals surface area contributed by atoms with E-state index in [0.29, 0.717) is 12.5 Å². The molecule has 0 radical (unpaired) electrons. The van der Waals surface area contributed by atoms with Gasteiger partial charge in [0.2, 0.25) is 10.0 Å². The Bertz CT molecular complexity index is 615. The number of carbonyl (C=O) groups is 1. The van der Waals surface area contributed by atoms with Crippen LogP contribution in [0.4, 0.5) is 0 Å². The first-order valence-corrected chi connectivity index (χ1v) is 8.27. The first-order valence-electron chi connectivity index (χ1n) is 6.83. The smallest absolute Gasteiger partial charge is 0.335 e. The highest BCUT2D eigenvalue weighted by Gasteiger charge is 2.41. The van der Waals surface area contributed by atoms with Crippen molar-refractivity contribution in [3.8, 4) is 0 Å². The largest absolute Gasteiger partial charge is 0.478 e. The molecule has 0 spiro atoms. The van der Waals surface area contributed by atoms with Gasteiger partial charge in [-0.25, -0.2) is 13.2 Å². The molecule has 2 aliphatic carbocycles. The molecule has 0 bridgehead atoms. The summed E-state index contributed by atoms with van der Waals surface area (Å²) in [5, 5.41) is 8.85. The van der Waals surface area contributed by atoms with Gasteiger partial charge < -0.3 is 5.11 Å². The molecule has 1 aromatic carbocycles. The number of hydrogen-bond donors (Lipinski definition) is 1. The van der Waals surface area contributed by atoms with Crippen LogP contribution < -0.4 is 0 Å². The van der Waals surface area contributed by atoms with Gasteiger partial charge in [-0.1, -0.05) is 0 Å². The average molecular weight is 295 g/mol. The molecule has 1 aromatic rings. The van der Waals surface area contributed by atoms with Crippen LogP contribution in [0, 0.1) is 5.92 Å². The molecule has 0 heterocycles. The fourth-order valence-electron chi connectivity index (χ4n) is 2.27. The molecule has 0 aliphatic heterocycles. The van der Waals surface area contributed by atoms with E-state index in [1.54, 1.807) is 4.31 Å². The number of carboxylic acids is 1. The number of carboxylic acid groups (broad SMARTS) is 1. The van der Waals surface area contributed by atoms with Gasteiger partial charge in [0.15, 0.2) is 0 Å². The van der Waals surface area contributed by atoms with Crippen LogP contribution in [0.5, 0.6) is 0 Å². The van der Waals surface area contributed by atoms with Crippen LogP contribution in [-0.2, 0) is 10.0 Å². The third-order valence-electron chi connectivity index (χ3n) is 3.80. The lowest BCUT2D eigenvalue weighted by molar-refractivity contribution is 0.0696. The molecule has 2 aliphatic rings. The maximum atomic E-state index is 12.6. The Morgan fingerprint density at radius 3 is 2.20 bits per heavy atom. The second-order valence-corrected chi connectivity index (χ2v) is 7.47. The molecular formula is C14H17NO4S. The predicted octanol–water partition coefficient (Wildman–Crippen LogP) is 1.95. The summed E-state index contributed by atoms with van der Waals surface area (Å²) in [6, 6.07) is 5.61. The van der Waals surface area contributed by atoms with Gasteiger partial charge in [-0.15, -0.1) is 0 Å². The Labute approximate surface area is 118 Å². The zero-order valence-corrected chi connectivity index (χ0v) is 11.8. The highest BCUT2D eigenvalue weighted by atomic mass is 32.2. The van der Waals surface area contributed by atoms with Crippen molar-refractivity contribution in [2.24, 2.45) is 5.92 Å². The monoisotopic (exact) mass is 295 g/mol. The molecule has 20 heavy (non-hydrogen) atoms. The van der Waals surface area contributed by atoms with E-state index in [2.05, 4.69) is 0 Å². The zero-order valence-electron chi connectivity index (χ0n) is 11.0. The maximum absolute atomic E-state index is 12.6. The van der Waals surface area contributed by atoms with Crippen molar-refractivity contribution in [1.29, 1.82) is 0 Å². The number of nitrogens with zero attached hydrogens (tertiary/aromatic N) is 1. The number of aromatic carboxylic acids is 1. The summed E-state index contributed by atoms with van der Waals surface area (Å²) in [5.74, 6) is -0.547. The lowest BCUT2D eigenvalue weighted by atomic mass is 10.2. The second-order valence-electron chi connectivity index (χ2n) is 5.58. The summed E-state index contributed by atoms with van der Waals surface area (Å²) < 4.78 is 26.9. The Morgan fingerprint density at radius 1 is 1.15 bits per heavy atom. The van der Waals surface area contributed by atoms with E-state index in [0.717, 1.165) is 25.7 Å². The zero-order chi connectivity index (χ0) is 14.3. The summed E-state index contributed by atoms with van der Waals surface area (Å²) in [6.07, 6.45) is 4.08. The third kappa shape index (κ3) is 2.71. The van der Waals surface area contributed by atoms with E-state index in [1.807, 2.05) is 0 Å². The minimum absolute atomic E-state index is 0.101. The van der Waals surface area contributed by atoms with Gasteiger partial charge in [-0.3, -0.25) is 0 Å². The van der Waals surface area contributed by atoms with Crippen molar-refractivity contribution in [3.63, 3.8) is 0 Å². The summed E-state index contributed by atoms with van der Waals surface area (Å²) in [4.78, 5) is 11.0. The van der Waals surface area contributed by atoms with Gasteiger partial charge in [-0.05, 0) is 55.9 Å². The van der Waals surface area contributed by atoms with Crippen LogP contribution in [-0.4, -0.2) is 36.4 Å². The summed E-state index contributed by atoms with van der Waals surface area (Å²) in [5.41, 5.74) is 0.101. The topological polar surface area (TPSA) is 74.7 Å². The van der Waals surface area contributed by atoms with E-state index in [9.17, 15) is 13.2 Å². The normalized spacial score (nSPS) is 19.2. The first-order chi connectivity index (χ1) is 9.48. The first kappa shape index (κ1) is 13.6. The number of hydrogen-bond acceptors (Lipinski definition) is 3. The molecule has 2 saturated carbocycles. The summed E-state index contributed by atoms with van der Waals surface area (Å²) in [6.45, 7) is 0.605. The van der Waals surface area contributed by atoms with Crippen molar-refractivity contribution in [1.82, 2.24) is 4.31 Å². The van der Waals surface area contributed by atoms with Crippen molar-refractivity contribution in [2.45, 2.75) is 36.6 Å². The quantitative estimate of drug-likeness (QED) is 0.870. The van der Waals surface area contributed by atoms with Crippen LogP contribution in [0.1, 0.15) is 36.0 Å². The fourth-order valence-corrected chi connectivity index (χ4v) is 4.03. The highest BCUT2D eigenvalue weighted by Crippen LogP contribution is 2.37.